The van der Waals surface area contributed by atoms with Gasteiger partial charge in [-0.15, -0.1) is 0 Å². The molecule has 16 heavy (non-hydrogen) atoms. The highest BCUT2D eigenvalue weighted by molar-refractivity contribution is 4.42. The molecule has 2 unspecified atom stereocenters. The summed E-state index contributed by atoms with van der Waals surface area (Å²) in [6.07, 6.45) is 4.65. The molecule has 0 bridgehead atoms. The predicted molar refractivity (Wildman–Crippen MR) is 62.9 cm³/mol. The third-order valence-electron chi connectivity index (χ3n) is 2.12. The van der Waals surface area contributed by atoms with E-state index in [1.807, 2.05) is 6.92 Å². The van der Waals surface area contributed by atoms with Crippen LogP contribution < -0.4 is 0 Å². The molecular formula is C12H26O4. The predicted octanol–water partition coefficient (Wildman–Crippen LogP) is 2.65. The summed E-state index contributed by atoms with van der Waals surface area (Å²) in [6.45, 7) is 6.69. The van der Waals surface area contributed by atoms with Gasteiger partial charge in [0.1, 0.15) is 6.61 Å². The molecule has 0 aromatic rings. The molecule has 0 aromatic carbocycles. The zero-order chi connectivity index (χ0) is 12.2. The summed E-state index contributed by atoms with van der Waals surface area (Å²) in [7, 11) is 0. The van der Waals surface area contributed by atoms with Gasteiger partial charge in [0.2, 0.25) is 0 Å². The molecule has 0 spiro atoms. The lowest BCUT2D eigenvalue weighted by Crippen LogP contribution is -2.20. The van der Waals surface area contributed by atoms with Crippen molar-refractivity contribution >= 4 is 0 Å². The van der Waals surface area contributed by atoms with E-state index >= 15 is 0 Å². The highest BCUT2D eigenvalue weighted by Gasteiger charge is 2.08. The quantitative estimate of drug-likeness (QED) is 0.258. The number of hydrogen-bond acceptors (Lipinski definition) is 4. The summed E-state index contributed by atoms with van der Waals surface area (Å²) in [5.74, 6) is 0. The van der Waals surface area contributed by atoms with Gasteiger partial charge in [-0.3, -0.25) is 0 Å². The number of ether oxygens (including phenoxy) is 1. The zero-order valence-electron chi connectivity index (χ0n) is 10.8. The summed E-state index contributed by atoms with van der Waals surface area (Å²) >= 11 is 0. The minimum absolute atomic E-state index is 0.176. The molecule has 0 heterocycles. The van der Waals surface area contributed by atoms with Crippen molar-refractivity contribution in [3.05, 3.63) is 0 Å². The van der Waals surface area contributed by atoms with Gasteiger partial charge in [0, 0.05) is 6.61 Å². The molecule has 1 N–H and O–H groups in total. The number of aliphatic hydroxyl groups is 1. The van der Waals surface area contributed by atoms with E-state index in [0.29, 0.717) is 6.61 Å². The van der Waals surface area contributed by atoms with Gasteiger partial charge in [0.25, 0.3) is 0 Å². The fraction of sp³-hybridized carbons (Fsp3) is 1.00. The van der Waals surface area contributed by atoms with Gasteiger partial charge in [-0.2, -0.15) is 0 Å². The van der Waals surface area contributed by atoms with Crippen molar-refractivity contribution in [1.29, 1.82) is 0 Å². The Morgan fingerprint density at radius 3 is 2.44 bits per heavy atom. The third kappa shape index (κ3) is 10.4. The molecule has 0 saturated carbocycles. The molecule has 0 aliphatic heterocycles. The van der Waals surface area contributed by atoms with Gasteiger partial charge in [0.15, 0.2) is 6.29 Å². The smallest absolute Gasteiger partial charge is 0.190 e. The van der Waals surface area contributed by atoms with Crippen molar-refractivity contribution in [1.82, 2.24) is 0 Å². The molecule has 98 valence electrons. The summed E-state index contributed by atoms with van der Waals surface area (Å²) < 4.78 is 5.49. The minimum atomic E-state index is -0.512. The van der Waals surface area contributed by atoms with E-state index in [0.717, 1.165) is 12.8 Å². The Kier molecular flexibility index (Phi) is 11.2. The van der Waals surface area contributed by atoms with Crippen molar-refractivity contribution in [3.63, 3.8) is 0 Å². The highest BCUT2D eigenvalue weighted by atomic mass is 17.2. The fourth-order valence-electron chi connectivity index (χ4n) is 1.17. The van der Waals surface area contributed by atoms with Crippen LogP contribution >= 0.6 is 0 Å². The van der Waals surface area contributed by atoms with Crippen LogP contribution in [0.3, 0.4) is 0 Å². The Morgan fingerprint density at radius 2 is 1.88 bits per heavy atom. The normalized spacial score (nSPS) is 15.0. The Bertz CT molecular complexity index is 139. The van der Waals surface area contributed by atoms with Gasteiger partial charge < -0.3 is 9.84 Å². The molecular weight excluding hydrogens is 208 g/mol. The van der Waals surface area contributed by atoms with Gasteiger partial charge in [-0.25, -0.2) is 9.78 Å². The first-order valence-electron chi connectivity index (χ1n) is 6.28. The van der Waals surface area contributed by atoms with Crippen molar-refractivity contribution < 1.29 is 19.6 Å². The van der Waals surface area contributed by atoms with Crippen LogP contribution in [0.2, 0.25) is 0 Å². The molecule has 0 saturated heterocycles. The first-order valence-corrected chi connectivity index (χ1v) is 6.28. The molecule has 4 heteroatoms. The zero-order valence-corrected chi connectivity index (χ0v) is 10.8. The average molecular weight is 234 g/mol. The van der Waals surface area contributed by atoms with Crippen LogP contribution in [0.25, 0.3) is 0 Å². The third-order valence-corrected chi connectivity index (χ3v) is 2.12. The van der Waals surface area contributed by atoms with Crippen LogP contribution in [0.1, 0.15) is 52.9 Å². The standard InChI is InChI=1S/C12H26O4/c1-4-6-7-8-9-14-12(5-2)16-15-10-11(3)13/h11-13H,4-10H2,1-3H3. The Balaban J connectivity index is 3.36. The second-order valence-electron chi connectivity index (χ2n) is 4.00. The molecule has 0 rings (SSSR count). The van der Waals surface area contributed by atoms with E-state index < -0.39 is 6.10 Å². The summed E-state index contributed by atoms with van der Waals surface area (Å²) in [5.41, 5.74) is 0. The first-order chi connectivity index (χ1) is 7.70. The topological polar surface area (TPSA) is 47.9 Å². The number of aliphatic hydroxyl groups excluding tert-OH is 1. The lowest BCUT2D eigenvalue weighted by molar-refractivity contribution is -0.384. The second-order valence-corrected chi connectivity index (χ2v) is 4.00. The van der Waals surface area contributed by atoms with E-state index in [9.17, 15) is 0 Å². The van der Waals surface area contributed by atoms with Gasteiger partial charge in [-0.1, -0.05) is 33.1 Å². The van der Waals surface area contributed by atoms with E-state index in [1.54, 1.807) is 6.92 Å². The van der Waals surface area contributed by atoms with Crippen molar-refractivity contribution in [3.8, 4) is 0 Å². The fourth-order valence-corrected chi connectivity index (χ4v) is 1.17. The van der Waals surface area contributed by atoms with E-state index in [1.165, 1.54) is 19.3 Å². The maximum atomic E-state index is 8.97. The summed E-state index contributed by atoms with van der Waals surface area (Å²) in [4.78, 5) is 9.88. The number of unbranched alkanes of at least 4 members (excludes halogenated alkanes) is 3. The van der Waals surface area contributed by atoms with Crippen molar-refractivity contribution in [2.75, 3.05) is 13.2 Å². The maximum absolute atomic E-state index is 8.97. The van der Waals surface area contributed by atoms with E-state index in [-0.39, 0.29) is 12.9 Å². The molecule has 0 radical (unpaired) electrons. The van der Waals surface area contributed by atoms with Crippen LogP contribution in [0.4, 0.5) is 0 Å². The first kappa shape index (κ1) is 15.8. The monoisotopic (exact) mass is 234 g/mol. The van der Waals surface area contributed by atoms with Crippen molar-refractivity contribution in [2.45, 2.75) is 65.3 Å². The van der Waals surface area contributed by atoms with Crippen LogP contribution in [0.5, 0.6) is 0 Å². The van der Waals surface area contributed by atoms with Crippen LogP contribution in [0, 0.1) is 0 Å². The SMILES string of the molecule is CCCCCCOC(CC)OOCC(C)O. The molecule has 0 amide bonds. The molecule has 0 aromatic heterocycles. The molecule has 0 aliphatic rings. The van der Waals surface area contributed by atoms with Gasteiger partial charge in [0.05, 0.1) is 6.10 Å². The Morgan fingerprint density at radius 1 is 1.12 bits per heavy atom. The maximum Gasteiger partial charge on any atom is 0.190 e. The molecule has 0 fully saturated rings. The van der Waals surface area contributed by atoms with Gasteiger partial charge >= 0.3 is 0 Å². The lowest BCUT2D eigenvalue weighted by Gasteiger charge is -2.16. The summed E-state index contributed by atoms with van der Waals surface area (Å²) in [5, 5.41) is 8.97. The highest BCUT2D eigenvalue weighted by Crippen LogP contribution is 2.05. The minimum Gasteiger partial charge on any atom is -0.391 e. The lowest BCUT2D eigenvalue weighted by atomic mass is 10.2. The van der Waals surface area contributed by atoms with Crippen LogP contribution in [-0.2, 0) is 14.5 Å². The summed E-state index contributed by atoms with van der Waals surface area (Å²) in [6, 6.07) is 0. The largest absolute Gasteiger partial charge is 0.391 e. The average Bonchev–Trinajstić information content (AvgIpc) is 2.26. The van der Waals surface area contributed by atoms with Crippen molar-refractivity contribution in [2.24, 2.45) is 0 Å². The van der Waals surface area contributed by atoms with Crippen LogP contribution in [0.15, 0.2) is 0 Å². The number of hydrogen-bond donors (Lipinski definition) is 1. The van der Waals surface area contributed by atoms with E-state index in [2.05, 4.69) is 6.92 Å². The molecule has 2 atom stereocenters. The molecule has 4 nitrogen and oxygen atoms in total. The van der Waals surface area contributed by atoms with Crippen LogP contribution in [-0.4, -0.2) is 30.7 Å². The van der Waals surface area contributed by atoms with E-state index in [4.69, 9.17) is 19.6 Å². The van der Waals surface area contributed by atoms with Gasteiger partial charge in [-0.05, 0) is 19.8 Å². The number of rotatable bonds is 11. The Labute approximate surface area is 98.8 Å². The molecule has 0 aliphatic carbocycles. The Hall–Kier alpha value is -0.160. The second kappa shape index (κ2) is 11.3.